The molecule has 102 valence electrons. The molecule has 0 fully saturated rings. The number of nitrogens with zero attached hydrogens (tertiary/aromatic N) is 2. The molecule has 1 aliphatic carbocycles. The maximum absolute atomic E-state index is 12.5. The van der Waals surface area contributed by atoms with Crippen molar-refractivity contribution in [3.8, 4) is 0 Å². The lowest BCUT2D eigenvalue weighted by atomic mass is 10.1. The standard InChI is InChI=1S/C16H16N2O2/c1-17(16(19)13-8-10-18(20)11-9-13)15-7-6-12-4-2-3-5-14(12)15/h2-5,8-11,15H,6-7H2,1H3. The number of carbonyl (C=O) groups excluding carboxylic acids is 1. The number of benzene rings is 1. The van der Waals surface area contributed by atoms with Crippen molar-refractivity contribution < 1.29 is 9.52 Å². The Balaban J connectivity index is 1.85. The number of rotatable bonds is 2. The van der Waals surface area contributed by atoms with E-state index in [1.54, 1.807) is 17.0 Å². The van der Waals surface area contributed by atoms with Crippen molar-refractivity contribution in [2.45, 2.75) is 18.9 Å². The maximum atomic E-state index is 12.5. The summed E-state index contributed by atoms with van der Waals surface area (Å²) < 4.78 is 0.682. The van der Waals surface area contributed by atoms with Crippen LogP contribution in [0.1, 0.15) is 33.9 Å². The average Bonchev–Trinajstić information content (AvgIpc) is 2.90. The molecule has 1 amide bonds. The molecule has 0 spiro atoms. The summed E-state index contributed by atoms with van der Waals surface area (Å²) in [7, 11) is 1.83. The smallest absolute Gasteiger partial charge is 0.254 e. The Morgan fingerprint density at radius 2 is 1.95 bits per heavy atom. The lowest BCUT2D eigenvalue weighted by molar-refractivity contribution is -0.605. The third-order valence-electron chi connectivity index (χ3n) is 3.94. The van der Waals surface area contributed by atoms with Crippen molar-refractivity contribution in [2.24, 2.45) is 0 Å². The molecule has 4 nitrogen and oxygen atoms in total. The molecule has 1 atom stereocenters. The van der Waals surface area contributed by atoms with Gasteiger partial charge in [0.05, 0.1) is 11.6 Å². The second-order valence-corrected chi connectivity index (χ2v) is 5.12. The lowest BCUT2D eigenvalue weighted by Gasteiger charge is -2.25. The number of pyridine rings is 1. The van der Waals surface area contributed by atoms with Gasteiger partial charge in [0.15, 0.2) is 12.4 Å². The fourth-order valence-corrected chi connectivity index (χ4v) is 2.84. The molecule has 1 aromatic carbocycles. The van der Waals surface area contributed by atoms with E-state index < -0.39 is 0 Å². The molecule has 0 N–H and O–H groups in total. The zero-order valence-corrected chi connectivity index (χ0v) is 11.3. The van der Waals surface area contributed by atoms with Crippen molar-refractivity contribution in [1.82, 2.24) is 4.90 Å². The molecule has 1 aromatic heterocycles. The highest BCUT2D eigenvalue weighted by Gasteiger charge is 2.28. The number of carbonyl (C=O) groups is 1. The van der Waals surface area contributed by atoms with Gasteiger partial charge in [-0.2, -0.15) is 4.73 Å². The SMILES string of the molecule is CN(C(=O)c1cc[n+]([O-])cc1)C1CCc2ccccc21. The summed E-state index contributed by atoms with van der Waals surface area (Å²) >= 11 is 0. The molecule has 2 aromatic rings. The summed E-state index contributed by atoms with van der Waals surface area (Å²) in [5, 5.41) is 11.0. The van der Waals surface area contributed by atoms with Gasteiger partial charge in [0.2, 0.25) is 0 Å². The van der Waals surface area contributed by atoms with Crippen LogP contribution in [0.25, 0.3) is 0 Å². The first-order chi connectivity index (χ1) is 9.66. The Labute approximate surface area is 117 Å². The van der Waals surface area contributed by atoms with E-state index in [4.69, 9.17) is 0 Å². The fourth-order valence-electron chi connectivity index (χ4n) is 2.84. The highest BCUT2D eigenvalue weighted by molar-refractivity contribution is 5.94. The lowest BCUT2D eigenvalue weighted by Crippen LogP contribution is -2.31. The van der Waals surface area contributed by atoms with Gasteiger partial charge in [0.25, 0.3) is 5.91 Å². The van der Waals surface area contributed by atoms with Crippen LogP contribution in [-0.4, -0.2) is 17.9 Å². The van der Waals surface area contributed by atoms with Gasteiger partial charge in [-0.3, -0.25) is 4.79 Å². The number of amides is 1. The van der Waals surface area contributed by atoms with Crippen LogP contribution in [0.5, 0.6) is 0 Å². The van der Waals surface area contributed by atoms with E-state index in [9.17, 15) is 10.0 Å². The van der Waals surface area contributed by atoms with Crippen molar-refractivity contribution in [2.75, 3.05) is 7.05 Å². The molecular weight excluding hydrogens is 252 g/mol. The third-order valence-corrected chi connectivity index (χ3v) is 3.94. The fraction of sp³-hybridized carbons (Fsp3) is 0.250. The summed E-state index contributed by atoms with van der Waals surface area (Å²) in [6.07, 6.45) is 4.66. The van der Waals surface area contributed by atoms with Gasteiger partial charge in [-0.1, -0.05) is 24.3 Å². The molecule has 20 heavy (non-hydrogen) atoms. The van der Waals surface area contributed by atoms with E-state index in [0.717, 1.165) is 12.8 Å². The largest absolute Gasteiger partial charge is 0.619 e. The van der Waals surface area contributed by atoms with Crippen LogP contribution in [0.4, 0.5) is 0 Å². The topological polar surface area (TPSA) is 47.2 Å². The minimum atomic E-state index is -0.0488. The van der Waals surface area contributed by atoms with E-state index in [-0.39, 0.29) is 11.9 Å². The molecule has 1 heterocycles. The summed E-state index contributed by atoms with van der Waals surface area (Å²) in [6.45, 7) is 0. The Bertz CT molecular complexity index is 637. The molecule has 0 aliphatic heterocycles. The quantitative estimate of drug-likeness (QED) is 0.618. The van der Waals surface area contributed by atoms with Crippen LogP contribution >= 0.6 is 0 Å². The minimum absolute atomic E-state index is 0.0488. The summed E-state index contributed by atoms with van der Waals surface area (Å²) in [5.74, 6) is -0.0488. The maximum Gasteiger partial charge on any atom is 0.254 e. The predicted molar refractivity (Wildman–Crippen MR) is 75.0 cm³/mol. The van der Waals surface area contributed by atoms with Gasteiger partial charge >= 0.3 is 0 Å². The van der Waals surface area contributed by atoms with Gasteiger partial charge in [-0.05, 0) is 24.0 Å². The molecule has 0 saturated carbocycles. The summed E-state index contributed by atoms with van der Waals surface area (Å²) in [5.41, 5.74) is 3.10. The van der Waals surface area contributed by atoms with Crippen molar-refractivity contribution in [3.05, 3.63) is 70.7 Å². The van der Waals surface area contributed by atoms with Crippen molar-refractivity contribution in [3.63, 3.8) is 0 Å². The van der Waals surface area contributed by atoms with Gasteiger partial charge in [-0.25, -0.2) is 0 Å². The van der Waals surface area contributed by atoms with Crippen LogP contribution < -0.4 is 4.73 Å². The second kappa shape index (κ2) is 4.96. The van der Waals surface area contributed by atoms with Gasteiger partial charge in [0, 0.05) is 19.2 Å². The van der Waals surface area contributed by atoms with Crippen LogP contribution in [-0.2, 0) is 6.42 Å². The monoisotopic (exact) mass is 268 g/mol. The Kier molecular flexibility index (Phi) is 3.14. The van der Waals surface area contributed by atoms with E-state index >= 15 is 0 Å². The average molecular weight is 268 g/mol. The molecule has 3 rings (SSSR count). The third kappa shape index (κ3) is 2.13. The molecule has 4 heteroatoms. The number of hydrogen-bond donors (Lipinski definition) is 0. The zero-order chi connectivity index (χ0) is 14.1. The first-order valence-corrected chi connectivity index (χ1v) is 6.70. The van der Waals surface area contributed by atoms with E-state index in [0.29, 0.717) is 10.3 Å². The predicted octanol–water partition coefficient (Wildman–Crippen LogP) is 2.08. The molecular formula is C16H16N2O2. The number of aryl methyl sites for hydroxylation is 1. The van der Waals surface area contributed by atoms with Gasteiger partial charge < -0.3 is 10.1 Å². The zero-order valence-electron chi connectivity index (χ0n) is 11.3. The Morgan fingerprint density at radius 1 is 1.25 bits per heavy atom. The second-order valence-electron chi connectivity index (χ2n) is 5.12. The van der Waals surface area contributed by atoms with Crippen LogP contribution in [0, 0.1) is 5.21 Å². The van der Waals surface area contributed by atoms with Gasteiger partial charge in [-0.15, -0.1) is 0 Å². The van der Waals surface area contributed by atoms with E-state index in [2.05, 4.69) is 12.1 Å². The molecule has 1 unspecified atom stereocenters. The molecule has 0 bridgehead atoms. The molecule has 0 saturated heterocycles. The summed E-state index contributed by atoms with van der Waals surface area (Å²) in [6, 6.07) is 11.5. The first kappa shape index (κ1) is 12.7. The minimum Gasteiger partial charge on any atom is -0.619 e. The highest BCUT2D eigenvalue weighted by atomic mass is 16.5. The first-order valence-electron chi connectivity index (χ1n) is 6.70. The van der Waals surface area contributed by atoms with Gasteiger partial charge in [0.1, 0.15) is 0 Å². The van der Waals surface area contributed by atoms with Crippen molar-refractivity contribution in [1.29, 1.82) is 0 Å². The molecule has 1 aliphatic rings. The molecule has 0 radical (unpaired) electrons. The van der Waals surface area contributed by atoms with E-state index in [1.807, 2.05) is 19.2 Å². The van der Waals surface area contributed by atoms with Crippen LogP contribution in [0.3, 0.4) is 0 Å². The van der Waals surface area contributed by atoms with Crippen LogP contribution in [0.15, 0.2) is 48.8 Å². The van der Waals surface area contributed by atoms with Crippen molar-refractivity contribution >= 4 is 5.91 Å². The Hall–Kier alpha value is -2.36. The Morgan fingerprint density at radius 3 is 2.70 bits per heavy atom. The number of aromatic nitrogens is 1. The number of fused-ring (bicyclic) bond motifs is 1. The van der Waals surface area contributed by atoms with Crippen LogP contribution in [0.2, 0.25) is 0 Å². The van der Waals surface area contributed by atoms with E-state index in [1.165, 1.54) is 23.5 Å². The summed E-state index contributed by atoms with van der Waals surface area (Å²) in [4.78, 5) is 14.2. The highest BCUT2D eigenvalue weighted by Crippen LogP contribution is 2.35. The normalized spacial score (nSPS) is 16.8. The number of hydrogen-bond acceptors (Lipinski definition) is 2.